The molecule has 0 unspecified atom stereocenters. The zero-order valence-electron chi connectivity index (χ0n) is 21.5. The summed E-state index contributed by atoms with van der Waals surface area (Å²) in [5, 5.41) is 0.529. The molecule has 0 fully saturated rings. The highest BCUT2D eigenvalue weighted by Crippen LogP contribution is 2.34. The number of nitrogens with zero attached hydrogens (tertiary/aromatic N) is 1. The predicted octanol–water partition coefficient (Wildman–Crippen LogP) is 6.84. The Bertz CT molecular complexity index is 1590. The summed E-state index contributed by atoms with van der Waals surface area (Å²) in [5.41, 5.74) is 4.06. The molecule has 5 rings (SSSR count). The van der Waals surface area contributed by atoms with E-state index in [-0.39, 0.29) is 36.7 Å². The molecule has 0 atom stereocenters. The number of ether oxygens (including phenoxy) is 3. The summed E-state index contributed by atoms with van der Waals surface area (Å²) in [5.74, 6) is -0.930. The van der Waals surface area contributed by atoms with Gasteiger partial charge < -0.3 is 14.2 Å². The van der Waals surface area contributed by atoms with Crippen LogP contribution in [0.15, 0.2) is 109 Å². The molecule has 0 aliphatic carbocycles. The van der Waals surface area contributed by atoms with Crippen LogP contribution in [0.3, 0.4) is 0 Å². The Morgan fingerprint density at radius 3 is 1.64 bits per heavy atom. The number of hydrogen-bond donors (Lipinski definition) is 0. The van der Waals surface area contributed by atoms with Gasteiger partial charge in [-0.25, -0.2) is 14.6 Å². The van der Waals surface area contributed by atoms with E-state index in [9.17, 15) is 9.59 Å². The van der Waals surface area contributed by atoms with E-state index in [2.05, 4.69) is 4.98 Å². The van der Waals surface area contributed by atoms with Crippen LogP contribution in [0.2, 0.25) is 0 Å². The third-order valence-corrected chi connectivity index (χ3v) is 6.16. The number of carbonyl (C=O) groups is 2. The first-order chi connectivity index (χ1) is 19.1. The topological polar surface area (TPSA) is 74.7 Å². The molecule has 0 amide bonds. The lowest BCUT2D eigenvalue weighted by Gasteiger charge is -2.17. The molecule has 0 N–H and O–H groups in total. The van der Waals surface area contributed by atoms with E-state index in [0.29, 0.717) is 16.6 Å². The molecule has 0 radical (unpaired) electrons. The van der Waals surface area contributed by atoms with Crippen LogP contribution >= 0.6 is 0 Å². The van der Waals surface area contributed by atoms with Gasteiger partial charge in [0.25, 0.3) is 0 Å². The minimum Gasteiger partial charge on any atom is -0.486 e. The highest BCUT2D eigenvalue weighted by Gasteiger charge is 2.25. The molecule has 39 heavy (non-hydrogen) atoms. The van der Waals surface area contributed by atoms with Crippen LogP contribution in [0.25, 0.3) is 10.9 Å². The van der Waals surface area contributed by atoms with E-state index in [1.807, 2.05) is 104 Å². The number of aryl methyl sites for hydroxylation is 1. The first kappa shape index (κ1) is 25.7. The van der Waals surface area contributed by atoms with Gasteiger partial charge in [0, 0.05) is 11.1 Å². The van der Waals surface area contributed by atoms with Crippen LogP contribution in [-0.2, 0) is 29.3 Å². The van der Waals surface area contributed by atoms with Crippen LogP contribution in [-0.4, -0.2) is 16.9 Å². The summed E-state index contributed by atoms with van der Waals surface area (Å²) >= 11 is 0. The smallest absolute Gasteiger partial charge is 0.342 e. The van der Waals surface area contributed by atoms with Crippen molar-refractivity contribution in [2.75, 3.05) is 0 Å². The number of aromatic nitrogens is 1. The van der Waals surface area contributed by atoms with E-state index in [1.165, 1.54) is 6.07 Å². The molecule has 5 aromatic rings. The Kier molecular flexibility index (Phi) is 7.93. The third-order valence-electron chi connectivity index (χ3n) is 6.16. The van der Waals surface area contributed by atoms with Gasteiger partial charge in [0.05, 0.1) is 5.56 Å². The number of fused-ring (bicyclic) bond motifs is 1. The van der Waals surface area contributed by atoms with Crippen molar-refractivity contribution in [2.45, 2.75) is 26.7 Å². The zero-order chi connectivity index (χ0) is 27.0. The maximum absolute atomic E-state index is 13.5. The number of esters is 2. The molecule has 0 spiro atoms. The van der Waals surface area contributed by atoms with Crippen LogP contribution in [0.1, 0.15) is 43.1 Å². The van der Waals surface area contributed by atoms with Crippen molar-refractivity contribution in [3.8, 4) is 5.75 Å². The van der Waals surface area contributed by atoms with Gasteiger partial charge in [-0.05, 0) is 41.8 Å². The average molecular weight is 518 g/mol. The van der Waals surface area contributed by atoms with Gasteiger partial charge in [0.1, 0.15) is 30.9 Å². The van der Waals surface area contributed by atoms with Gasteiger partial charge in [-0.2, -0.15) is 0 Å². The van der Waals surface area contributed by atoms with E-state index in [4.69, 9.17) is 14.2 Å². The molecule has 6 nitrogen and oxygen atoms in total. The number of carbonyl (C=O) groups excluding carboxylic acids is 2. The molecule has 0 aliphatic rings. The molecule has 0 saturated carbocycles. The Balaban J connectivity index is 1.53. The molecule has 1 aromatic heterocycles. The molecule has 0 aliphatic heterocycles. The SMILES string of the molecule is Cc1ccc2c(C(=O)OCc3ccccc3)cc(C(=O)OCc3ccccc3)c(OCc3ccccc3)c2n1. The minimum absolute atomic E-state index is 0.0743. The summed E-state index contributed by atoms with van der Waals surface area (Å²) in [7, 11) is 0. The number of hydrogen-bond acceptors (Lipinski definition) is 6. The Morgan fingerprint density at radius 2 is 1.10 bits per heavy atom. The van der Waals surface area contributed by atoms with Crippen LogP contribution in [0.4, 0.5) is 0 Å². The number of rotatable bonds is 9. The van der Waals surface area contributed by atoms with E-state index >= 15 is 0 Å². The van der Waals surface area contributed by atoms with Gasteiger partial charge in [-0.15, -0.1) is 0 Å². The standard InChI is InChI=1S/C33H27NO5/c1-23-17-18-27-28(32(35)38-21-25-13-7-3-8-14-25)19-29(33(36)39-22-26-15-9-4-10-16-26)31(30(27)34-23)37-20-24-11-5-2-6-12-24/h2-19H,20-22H2,1H3. The lowest BCUT2D eigenvalue weighted by Crippen LogP contribution is -2.13. The molecule has 194 valence electrons. The largest absolute Gasteiger partial charge is 0.486 e. The fourth-order valence-electron chi connectivity index (χ4n) is 4.16. The molecule has 0 bridgehead atoms. The first-order valence-electron chi connectivity index (χ1n) is 12.6. The monoisotopic (exact) mass is 517 g/mol. The van der Waals surface area contributed by atoms with Gasteiger partial charge in [0.2, 0.25) is 0 Å². The Labute approximate surface area is 226 Å². The quantitative estimate of drug-likeness (QED) is 0.199. The van der Waals surface area contributed by atoms with Gasteiger partial charge >= 0.3 is 11.9 Å². The normalized spacial score (nSPS) is 10.7. The predicted molar refractivity (Wildman–Crippen MR) is 148 cm³/mol. The Hall–Kier alpha value is -4.97. The Morgan fingerprint density at radius 1 is 0.615 bits per heavy atom. The van der Waals surface area contributed by atoms with Gasteiger partial charge in [-0.3, -0.25) is 0 Å². The minimum atomic E-state index is -0.621. The average Bonchev–Trinajstić information content (AvgIpc) is 2.98. The van der Waals surface area contributed by atoms with Crippen molar-refractivity contribution in [2.24, 2.45) is 0 Å². The van der Waals surface area contributed by atoms with Crippen molar-refractivity contribution >= 4 is 22.8 Å². The second-order valence-corrected chi connectivity index (χ2v) is 9.05. The second kappa shape index (κ2) is 12.0. The van der Waals surface area contributed by atoms with Crippen LogP contribution in [0, 0.1) is 6.92 Å². The van der Waals surface area contributed by atoms with E-state index < -0.39 is 11.9 Å². The number of benzene rings is 4. The van der Waals surface area contributed by atoms with Crippen LogP contribution < -0.4 is 4.74 Å². The lowest BCUT2D eigenvalue weighted by molar-refractivity contribution is 0.0467. The zero-order valence-corrected chi connectivity index (χ0v) is 21.5. The van der Waals surface area contributed by atoms with Crippen molar-refractivity contribution in [3.05, 3.63) is 143 Å². The molecule has 0 saturated heterocycles. The maximum Gasteiger partial charge on any atom is 0.342 e. The molecular weight excluding hydrogens is 490 g/mol. The van der Waals surface area contributed by atoms with E-state index in [0.717, 1.165) is 16.7 Å². The fraction of sp³-hybridized carbons (Fsp3) is 0.121. The molecular formula is C33H27NO5. The molecule has 4 aromatic carbocycles. The van der Waals surface area contributed by atoms with Gasteiger partial charge in [-0.1, -0.05) is 91.0 Å². The van der Waals surface area contributed by atoms with Crippen molar-refractivity contribution in [1.82, 2.24) is 4.98 Å². The third kappa shape index (κ3) is 6.30. The van der Waals surface area contributed by atoms with E-state index in [1.54, 1.807) is 6.07 Å². The fourth-order valence-corrected chi connectivity index (χ4v) is 4.16. The maximum atomic E-state index is 13.5. The second-order valence-electron chi connectivity index (χ2n) is 9.05. The van der Waals surface area contributed by atoms with Crippen molar-refractivity contribution in [1.29, 1.82) is 0 Å². The summed E-state index contributed by atoms with van der Waals surface area (Å²) in [6, 6.07) is 33.5. The highest BCUT2D eigenvalue weighted by atomic mass is 16.5. The summed E-state index contributed by atoms with van der Waals surface area (Å²) in [6.45, 7) is 2.22. The summed E-state index contributed by atoms with van der Waals surface area (Å²) in [4.78, 5) is 31.4. The molecule has 1 heterocycles. The summed E-state index contributed by atoms with van der Waals surface area (Å²) < 4.78 is 17.5. The lowest BCUT2D eigenvalue weighted by atomic mass is 10.0. The van der Waals surface area contributed by atoms with Crippen molar-refractivity contribution in [3.63, 3.8) is 0 Å². The highest BCUT2D eigenvalue weighted by molar-refractivity contribution is 6.10. The van der Waals surface area contributed by atoms with Gasteiger partial charge in [0.15, 0.2) is 5.75 Å². The van der Waals surface area contributed by atoms with Crippen LogP contribution in [0.5, 0.6) is 5.75 Å². The number of pyridine rings is 1. The summed E-state index contributed by atoms with van der Waals surface area (Å²) in [6.07, 6.45) is 0. The van der Waals surface area contributed by atoms with Crippen molar-refractivity contribution < 1.29 is 23.8 Å². The molecule has 6 heteroatoms. The first-order valence-corrected chi connectivity index (χ1v) is 12.6.